The predicted molar refractivity (Wildman–Crippen MR) is 85.0 cm³/mol. The van der Waals surface area contributed by atoms with Gasteiger partial charge in [-0.2, -0.15) is 0 Å². The van der Waals surface area contributed by atoms with Gasteiger partial charge in [0, 0.05) is 24.1 Å². The SMILES string of the molecule is O=C1CCc2c1cccc2C(=O)NC[C@H]1CC[C@@H]2CCC[C@@H]21. The minimum Gasteiger partial charge on any atom is -0.352 e. The highest BCUT2D eigenvalue weighted by molar-refractivity contribution is 6.05. The molecule has 3 heteroatoms. The van der Waals surface area contributed by atoms with E-state index in [2.05, 4.69) is 5.32 Å². The van der Waals surface area contributed by atoms with Crippen LogP contribution in [0.4, 0.5) is 0 Å². The van der Waals surface area contributed by atoms with Gasteiger partial charge in [0.05, 0.1) is 0 Å². The standard InChI is InChI=1S/C19H23NO2/c21-18-10-9-15-16(18)5-2-6-17(15)19(22)20-11-13-8-7-12-3-1-4-14(12)13/h2,5-6,12-14H,1,3-4,7-11H2,(H,20,22)/t12-,13+,14-/m0/s1. The quantitative estimate of drug-likeness (QED) is 0.929. The molecule has 3 aliphatic rings. The lowest BCUT2D eigenvalue weighted by atomic mass is 9.92. The first-order chi connectivity index (χ1) is 10.7. The third-order valence-corrected chi connectivity index (χ3v) is 6.08. The molecule has 1 aromatic carbocycles. The second kappa shape index (κ2) is 5.53. The molecule has 0 heterocycles. The van der Waals surface area contributed by atoms with Gasteiger partial charge in [-0.1, -0.05) is 25.0 Å². The van der Waals surface area contributed by atoms with Gasteiger partial charge in [-0.3, -0.25) is 9.59 Å². The van der Waals surface area contributed by atoms with E-state index in [4.69, 9.17) is 0 Å². The van der Waals surface area contributed by atoms with Crippen molar-refractivity contribution in [3.05, 3.63) is 34.9 Å². The molecule has 2 saturated carbocycles. The lowest BCUT2D eigenvalue weighted by Gasteiger charge is -2.19. The average Bonchev–Trinajstić information content (AvgIpc) is 3.21. The summed E-state index contributed by atoms with van der Waals surface area (Å²) in [5.74, 6) is 2.60. The van der Waals surface area contributed by atoms with Crippen molar-refractivity contribution in [3.8, 4) is 0 Å². The first kappa shape index (κ1) is 14.0. The fourth-order valence-electron chi connectivity index (χ4n) is 4.96. The molecule has 0 aliphatic heterocycles. The summed E-state index contributed by atoms with van der Waals surface area (Å²) in [5.41, 5.74) is 2.42. The molecule has 3 atom stereocenters. The topological polar surface area (TPSA) is 46.2 Å². The maximum Gasteiger partial charge on any atom is 0.251 e. The summed E-state index contributed by atoms with van der Waals surface area (Å²) in [5, 5.41) is 3.15. The molecule has 4 rings (SSSR count). The van der Waals surface area contributed by atoms with Crippen molar-refractivity contribution < 1.29 is 9.59 Å². The number of carbonyl (C=O) groups excluding carboxylic acids is 2. The molecule has 22 heavy (non-hydrogen) atoms. The number of Topliss-reactive ketones (excluding diaryl/α,β-unsaturated/α-hetero) is 1. The van der Waals surface area contributed by atoms with Crippen molar-refractivity contribution in [3.63, 3.8) is 0 Å². The Balaban J connectivity index is 1.44. The molecule has 0 saturated heterocycles. The Morgan fingerprint density at radius 3 is 2.95 bits per heavy atom. The van der Waals surface area contributed by atoms with Crippen molar-refractivity contribution >= 4 is 11.7 Å². The molecule has 0 aromatic heterocycles. The summed E-state index contributed by atoms with van der Waals surface area (Å²) in [7, 11) is 0. The fraction of sp³-hybridized carbons (Fsp3) is 0.579. The zero-order valence-electron chi connectivity index (χ0n) is 12.9. The molecule has 2 fully saturated rings. The van der Waals surface area contributed by atoms with Crippen LogP contribution in [0.25, 0.3) is 0 Å². The molecular weight excluding hydrogens is 274 g/mol. The summed E-state index contributed by atoms with van der Waals surface area (Å²) in [6.45, 7) is 0.803. The van der Waals surface area contributed by atoms with Gasteiger partial charge in [-0.25, -0.2) is 0 Å². The highest BCUT2D eigenvalue weighted by Crippen LogP contribution is 2.47. The number of carbonyl (C=O) groups is 2. The average molecular weight is 297 g/mol. The lowest BCUT2D eigenvalue weighted by Crippen LogP contribution is -2.31. The molecule has 3 aliphatic carbocycles. The third-order valence-electron chi connectivity index (χ3n) is 6.08. The summed E-state index contributed by atoms with van der Waals surface area (Å²) in [6.07, 6.45) is 7.98. The van der Waals surface area contributed by atoms with E-state index in [0.717, 1.165) is 29.5 Å². The van der Waals surface area contributed by atoms with Crippen LogP contribution in [0.5, 0.6) is 0 Å². The number of ketones is 1. The maximum absolute atomic E-state index is 12.5. The molecule has 1 aromatic rings. The second-order valence-electron chi connectivity index (χ2n) is 7.16. The predicted octanol–water partition coefficient (Wildman–Crippen LogP) is 3.37. The van der Waals surface area contributed by atoms with Crippen LogP contribution >= 0.6 is 0 Å². The minimum absolute atomic E-state index is 0.00740. The Labute approximate surface area is 131 Å². The highest BCUT2D eigenvalue weighted by Gasteiger charge is 2.38. The molecular formula is C19H23NO2. The maximum atomic E-state index is 12.5. The molecule has 0 radical (unpaired) electrons. The highest BCUT2D eigenvalue weighted by atomic mass is 16.1. The van der Waals surface area contributed by atoms with Crippen LogP contribution in [-0.4, -0.2) is 18.2 Å². The van der Waals surface area contributed by atoms with Crippen LogP contribution in [0.15, 0.2) is 18.2 Å². The van der Waals surface area contributed by atoms with Gasteiger partial charge >= 0.3 is 0 Å². The minimum atomic E-state index is 0.00740. The van der Waals surface area contributed by atoms with Gasteiger partial charge in [0.2, 0.25) is 0 Å². The first-order valence-corrected chi connectivity index (χ1v) is 8.67. The molecule has 3 nitrogen and oxygen atoms in total. The largest absolute Gasteiger partial charge is 0.352 e. The monoisotopic (exact) mass is 297 g/mol. The van der Waals surface area contributed by atoms with E-state index >= 15 is 0 Å². The number of fused-ring (bicyclic) bond motifs is 2. The van der Waals surface area contributed by atoms with Gasteiger partial charge < -0.3 is 5.32 Å². The molecule has 1 amide bonds. The van der Waals surface area contributed by atoms with E-state index in [1.165, 1.54) is 32.1 Å². The molecule has 0 spiro atoms. The zero-order chi connectivity index (χ0) is 15.1. The normalized spacial score (nSPS) is 29.5. The van der Waals surface area contributed by atoms with Gasteiger partial charge in [0.15, 0.2) is 5.78 Å². The van der Waals surface area contributed by atoms with E-state index in [1.54, 1.807) is 0 Å². The van der Waals surface area contributed by atoms with Crippen LogP contribution in [0.2, 0.25) is 0 Å². The Morgan fingerprint density at radius 1 is 1.14 bits per heavy atom. The summed E-state index contributed by atoms with van der Waals surface area (Å²) in [6, 6.07) is 5.54. The van der Waals surface area contributed by atoms with Crippen molar-refractivity contribution in [2.24, 2.45) is 17.8 Å². The smallest absolute Gasteiger partial charge is 0.251 e. The van der Waals surface area contributed by atoms with E-state index in [9.17, 15) is 9.59 Å². The Bertz CT molecular complexity index is 622. The molecule has 1 N–H and O–H groups in total. The molecule has 0 bridgehead atoms. The Morgan fingerprint density at radius 2 is 2.05 bits per heavy atom. The molecule has 0 unspecified atom stereocenters. The Kier molecular flexibility index (Phi) is 3.51. The van der Waals surface area contributed by atoms with E-state index < -0.39 is 0 Å². The van der Waals surface area contributed by atoms with E-state index in [0.29, 0.717) is 24.3 Å². The van der Waals surface area contributed by atoms with Crippen molar-refractivity contribution in [1.82, 2.24) is 5.32 Å². The number of nitrogens with one attached hydrogen (secondary N) is 1. The lowest BCUT2D eigenvalue weighted by molar-refractivity contribution is 0.0941. The Hall–Kier alpha value is -1.64. The van der Waals surface area contributed by atoms with Crippen molar-refractivity contribution in [2.45, 2.75) is 44.9 Å². The fourth-order valence-corrected chi connectivity index (χ4v) is 4.96. The first-order valence-electron chi connectivity index (χ1n) is 8.67. The van der Waals surface area contributed by atoms with Crippen LogP contribution in [0, 0.1) is 17.8 Å². The van der Waals surface area contributed by atoms with Gasteiger partial charge in [-0.05, 0) is 55.1 Å². The molecule has 116 valence electrons. The number of rotatable bonds is 3. The van der Waals surface area contributed by atoms with Gasteiger partial charge in [-0.15, -0.1) is 0 Å². The summed E-state index contributed by atoms with van der Waals surface area (Å²) < 4.78 is 0. The van der Waals surface area contributed by atoms with E-state index in [1.807, 2.05) is 18.2 Å². The second-order valence-corrected chi connectivity index (χ2v) is 7.16. The summed E-state index contributed by atoms with van der Waals surface area (Å²) >= 11 is 0. The van der Waals surface area contributed by atoms with E-state index in [-0.39, 0.29) is 11.7 Å². The van der Waals surface area contributed by atoms with Crippen molar-refractivity contribution in [1.29, 1.82) is 0 Å². The van der Waals surface area contributed by atoms with Crippen LogP contribution in [0.1, 0.15) is 64.8 Å². The van der Waals surface area contributed by atoms with Gasteiger partial charge in [0.25, 0.3) is 5.91 Å². The zero-order valence-corrected chi connectivity index (χ0v) is 12.9. The van der Waals surface area contributed by atoms with Crippen molar-refractivity contribution in [2.75, 3.05) is 6.54 Å². The third kappa shape index (κ3) is 2.27. The van der Waals surface area contributed by atoms with Gasteiger partial charge in [0.1, 0.15) is 0 Å². The van der Waals surface area contributed by atoms with Crippen LogP contribution in [-0.2, 0) is 6.42 Å². The number of amides is 1. The van der Waals surface area contributed by atoms with Crippen LogP contribution in [0.3, 0.4) is 0 Å². The number of hydrogen-bond acceptors (Lipinski definition) is 2. The summed E-state index contributed by atoms with van der Waals surface area (Å²) in [4.78, 5) is 24.3. The number of hydrogen-bond donors (Lipinski definition) is 1. The number of benzene rings is 1. The van der Waals surface area contributed by atoms with Crippen LogP contribution < -0.4 is 5.32 Å².